The van der Waals surface area contributed by atoms with Crippen LogP contribution in [0.5, 0.6) is 5.75 Å². The quantitative estimate of drug-likeness (QED) is 0.472. The van der Waals surface area contributed by atoms with Gasteiger partial charge < -0.3 is 4.74 Å². The predicted octanol–water partition coefficient (Wildman–Crippen LogP) is 3.59. The van der Waals surface area contributed by atoms with Crippen LogP contribution in [0.15, 0.2) is 72.8 Å². The van der Waals surface area contributed by atoms with Crippen molar-refractivity contribution in [1.29, 1.82) is 0 Å². The number of ether oxygens (including phenoxy) is 1. The first kappa shape index (κ1) is 21.7. The number of benzene rings is 3. The van der Waals surface area contributed by atoms with Gasteiger partial charge in [-0.3, -0.25) is 25.2 Å². The highest BCUT2D eigenvalue weighted by Crippen LogP contribution is 2.17. The third-order valence-corrected chi connectivity index (χ3v) is 4.54. The number of amides is 2. The van der Waals surface area contributed by atoms with Crippen molar-refractivity contribution in [1.82, 2.24) is 10.9 Å². The molecule has 0 aliphatic rings. The molecule has 158 valence electrons. The van der Waals surface area contributed by atoms with Gasteiger partial charge >= 0.3 is 0 Å². The van der Waals surface area contributed by atoms with E-state index < -0.39 is 23.7 Å². The number of hydrogen-bond donors (Lipinski definition) is 2. The lowest BCUT2D eigenvalue weighted by atomic mass is 9.97. The molecule has 3 rings (SSSR count). The average Bonchev–Trinajstić information content (AvgIpc) is 2.78. The van der Waals surface area contributed by atoms with Gasteiger partial charge in [0.25, 0.3) is 11.8 Å². The Morgan fingerprint density at radius 1 is 0.839 bits per heavy atom. The zero-order valence-corrected chi connectivity index (χ0v) is 17.0. The molecule has 31 heavy (non-hydrogen) atoms. The third-order valence-electron chi connectivity index (χ3n) is 4.54. The number of ketones is 1. The molecule has 0 aliphatic carbocycles. The maximum absolute atomic E-state index is 13.7. The van der Waals surface area contributed by atoms with Crippen LogP contribution in [0.1, 0.15) is 38.8 Å². The Labute approximate surface area is 179 Å². The van der Waals surface area contributed by atoms with Crippen LogP contribution in [0.25, 0.3) is 0 Å². The van der Waals surface area contributed by atoms with E-state index in [1.54, 1.807) is 36.4 Å². The molecule has 0 aromatic heterocycles. The summed E-state index contributed by atoms with van der Waals surface area (Å²) < 4.78 is 19.0. The van der Waals surface area contributed by atoms with Crippen LogP contribution in [0, 0.1) is 12.7 Å². The molecule has 2 amide bonds. The van der Waals surface area contributed by atoms with Crippen molar-refractivity contribution in [2.75, 3.05) is 0 Å². The topological polar surface area (TPSA) is 84.5 Å². The number of hydrazine groups is 1. The lowest BCUT2D eigenvalue weighted by molar-refractivity contribution is -0.128. The van der Waals surface area contributed by atoms with Gasteiger partial charge in [0.15, 0.2) is 23.5 Å². The average molecular weight is 420 g/mol. The maximum Gasteiger partial charge on any atom is 0.279 e. The van der Waals surface area contributed by atoms with E-state index in [0.717, 1.165) is 5.56 Å². The Bertz CT molecular complexity index is 1110. The molecule has 0 fully saturated rings. The first-order valence-electron chi connectivity index (χ1n) is 9.58. The largest absolute Gasteiger partial charge is 0.478 e. The Hall–Kier alpha value is -4.00. The lowest BCUT2D eigenvalue weighted by Gasteiger charge is -2.16. The number of para-hydroxylation sites is 1. The van der Waals surface area contributed by atoms with Gasteiger partial charge in [0.1, 0.15) is 0 Å². The lowest BCUT2D eigenvalue weighted by Crippen LogP contribution is -2.47. The van der Waals surface area contributed by atoms with Gasteiger partial charge in [-0.25, -0.2) is 4.39 Å². The molecule has 0 heterocycles. The first-order valence-corrected chi connectivity index (χ1v) is 9.58. The SMILES string of the molecule is Cc1ccc(C(=O)c2ccccc2C(=O)NNC(=O)[C@H](C)Oc2ccccc2F)cc1. The van der Waals surface area contributed by atoms with E-state index in [9.17, 15) is 18.8 Å². The summed E-state index contributed by atoms with van der Waals surface area (Å²) in [4.78, 5) is 37.7. The van der Waals surface area contributed by atoms with Gasteiger partial charge in [0, 0.05) is 11.1 Å². The van der Waals surface area contributed by atoms with Crippen LogP contribution < -0.4 is 15.6 Å². The summed E-state index contributed by atoms with van der Waals surface area (Å²) in [7, 11) is 0. The van der Waals surface area contributed by atoms with Crippen molar-refractivity contribution in [3.8, 4) is 5.75 Å². The number of halogens is 1. The maximum atomic E-state index is 13.7. The number of aryl methyl sites for hydroxylation is 1. The van der Waals surface area contributed by atoms with Crippen LogP contribution in [0.3, 0.4) is 0 Å². The van der Waals surface area contributed by atoms with E-state index in [1.807, 2.05) is 19.1 Å². The molecule has 0 aliphatic heterocycles. The van der Waals surface area contributed by atoms with Crippen LogP contribution in [-0.2, 0) is 4.79 Å². The van der Waals surface area contributed by atoms with Crippen molar-refractivity contribution in [2.45, 2.75) is 20.0 Å². The molecule has 3 aromatic carbocycles. The molecule has 0 saturated carbocycles. The number of carbonyl (C=O) groups excluding carboxylic acids is 3. The summed E-state index contributed by atoms with van der Waals surface area (Å²) in [6, 6.07) is 19.0. The molecule has 3 aromatic rings. The molecule has 1 atom stereocenters. The van der Waals surface area contributed by atoms with Crippen LogP contribution in [0.4, 0.5) is 4.39 Å². The number of carbonyl (C=O) groups is 3. The highest BCUT2D eigenvalue weighted by atomic mass is 19.1. The minimum absolute atomic E-state index is 0.0782. The normalized spacial score (nSPS) is 11.3. The molecular formula is C24H21FN2O4. The number of hydrogen-bond acceptors (Lipinski definition) is 4. The molecular weight excluding hydrogens is 399 g/mol. The summed E-state index contributed by atoms with van der Waals surface area (Å²) >= 11 is 0. The summed E-state index contributed by atoms with van der Waals surface area (Å²) in [6.07, 6.45) is -1.07. The van der Waals surface area contributed by atoms with E-state index in [1.165, 1.54) is 31.2 Å². The van der Waals surface area contributed by atoms with E-state index in [-0.39, 0.29) is 22.7 Å². The number of rotatable bonds is 6. The van der Waals surface area contributed by atoms with Gasteiger partial charge in [-0.2, -0.15) is 0 Å². The second-order valence-corrected chi connectivity index (χ2v) is 6.87. The Kier molecular flexibility index (Phi) is 6.77. The third kappa shape index (κ3) is 5.33. The smallest absolute Gasteiger partial charge is 0.279 e. The molecule has 0 bridgehead atoms. The zero-order chi connectivity index (χ0) is 22.4. The zero-order valence-electron chi connectivity index (χ0n) is 17.0. The van der Waals surface area contributed by atoms with Crippen LogP contribution in [0.2, 0.25) is 0 Å². The van der Waals surface area contributed by atoms with Gasteiger partial charge in [0.05, 0.1) is 5.56 Å². The minimum atomic E-state index is -1.07. The Morgan fingerprint density at radius 2 is 1.45 bits per heavy atom. The summed E-state index contributed by atoms with van der Waals surface area (Å²) in [5.41, 5.74) is 6.28. The van der Waals surface area contributed by atoms with Crippen molar-refractivity contribution in [3.05, 3.63) is 101 Å². The fraction of sp³-hybridized carbons (Fsp3) is 0.125. The van der Waals surface area contributed by atoms with Gasteiger partial charge in [-0.1, -0.05) is 60.2 Å². The number of nitrogens with one attached hydrogen (secondary N) is 2. The molecule has 0 saturated heterocycles. The van der Waals surface area contributed by atoms with Crippen molar-refractivity contribution < 1.29 is 23.5 Å². The molecule has 0 spiro atoms. The summed E-state index contributed by atoms with van der Waals surface area (Å²) in [6.45, 7) is 3.33. The fourth-order valence-corrected chi connectivity index (χ4v) is 2.81. The van der Waals surface area contributed by atoms with Gasteiger partial charge in [-0.05, 0) is 32.0 Å². The predicted molar refractivity (Wildman–Crippen MR) is 113 cm³/mol. The molecule has 2 N–H and O–H groups in total. The first-order chi connectivity index (χ1) is 14.9. The Balaban J connectivity index is 1.67. The molecule has 7 heteroatoms. The van der Waals surface area contributed by atoms with Crippen molar-refractivity contribution >= 4 is 17.6 Å². The highest BCUT2D eigenvalue weighted by Gasteiger charge is 2.20. The minimum Gasteiger partial charge on any atom is -0.478 e. The van der Waals surface area contributed by atoms with E-state index in [4.69, 9.17) is 4.74 Å². The summed E-state index contributed by atoms with van der Waals surface area (Å²) in [5, 5.41) is 0. The van der Waals surface area contributed by atoms with E-state index in [0.29, 0.717) is 5.56 Å². The molecule has 0 radical (unpaired) electrons. The monoisotopic (exact) mass is 420 g/mol. The van der Waals surface area contributed by atoms with Crippen LogP contribution >= 0.6 is 0 Å². The van der Waals surface area contributed by atoms with Crippen molar-refractivity contribution in [2.24, 2.45) is 0 Å². The van der Waals surface area contributed by atoms with Gasteiger partial charge in [0.2, 0.25) is 0 Å². The standard InChI is InChI=1S/C24H21FN2O4/c1-15-11-13-17(14-12-15)22(28)18-7-3-4-8-19(18)24(30)27-26-23(29)16(2)31-21-10-6-5-9-20(21)25/h3-14,16H,1-2H3,(H,26,29)(H,27,30)/t16-/m0/s1. The van der Waals surface area contributed by atoms with Crippen molar-refractivity contribution in [3.63, 3.8) is 0 Å². The fourth-order valence-electron chi connectivity index (χ4n) is 2.81. The summed E-state index contributed by atoms with van der Waals surface area (Å²) in [5.74, 6) is -2.34. The van der Waals surface area contributed by atoms with E-state index >= 15 is 0 Å². The molecule has 6 nitrogen and oxygen atoms in total. The highest BCUT2D eigenvalue weighted by molar-refractivity contribution is 6.15. The molecule has 0 unspecified atom stereocenters. The Morgan fingerprint density at radius 3 is 2.13 bits per heavy atom. The van der Waals surface area contributed by atoms with Crippen LogP contribution in [-0.4, -0.2) is 23.7 Å². The van der Waals surface area contributed by atoms with Gasteiger partial charge in [-0.15, -0.1) is 0 Å². The second-order valence-electron chi connectivity index (χ2n) is 6.87. The van der Waals surface area contributed by atoms with E-state index in [2.05, 4.69) is 10.9 Å². The second kappa shape index (κ2) is 9.67.